The molecule has 2 aromatic heterocycles. The van der Waals surface area contributed by atoms with Gasteiger partial charge in [0.05, 0.1) is 5.69 Å². The van der Waals surface area contributed by atoms with Crippen LogP contribution in [0.5, 0.6) is 5.75 Å². The lowest BCUT2D eigenvalue weighted by atomic mass is 10.1. The lowest BCUT2D eigenvalue weighted by Crippen LogP contribution is -2.13. The van der Waals surface area contributed by atoms with Crippen LogP contribution in [0.4, 0.5) is 5.69 Å². The number of benzene rings is 2. The minimum Gasteiger partial charge on any atom is -0.506 e. The van der Waals surface area contributed by atoms with Gasteiger partial charge in [-0.3, -0.25) is 9.59 Å². The van der Waals surface area contributed by atoms with E-state index in [-0.39, 0.29) is 23.6 Å². The molecule has 4 rings (SSSR count). The predicted octanol–water partition coefficient (Wildman–Crippen LogP) is 3.96. The highest BCUT2D eigenvalue weighted by molar-refractivity contribution is 5.94. The molecule has 0 aliphatic carbocycles. The highest BCUT2D eigenvalue weighted by Gasteiger charge is 2.08. The third-order valence-electron chi connectivity index (χ3n) is 4.56. The number of hydrogen-bond acceptors (Lipinski definition) is 5. The molecule has 0 radical (unpaired) electrons. The minimum absolute atomic E-state index is 0.133. The van der Waals surface area contributed by atoms with Gasteiger partial charge in [-0.25, -0.2) is 4.98 Å². The number of nitrogens with one attached hydrogen (secondary N) is 2. The molecule has 0 bridgehead atoms. The number of phenolic OH excluding ortho intramolecular Hbond substituents is 1. The normalized spacial score (nSPS) is 11.2. The number of anilines is 1. The first-order chi connectivity index (χ1) is 14.6. The van der Waals surface area contributed by atoms with Gasteiger partial charge in [0.2, 0.25) is 5.91 Å². The van der Waals surface area contributed by atoms with Gasteiger partial charge >= 0.3 is 0 Å². The van der Waals surface area contributed by atoms with E-state index in [1.54, 1.807) is 12.1 Å². The molecule has 30 heavy (non-hydrogen) atoms. The van der Waals surface area contributed by atoms with Crippen molar-refractivity contribution in [1.29, 1.82) is 0 Å². The first-order valence-electron chi connectivity index (χ1n) is 9.41. The number of aromatic nitrogens is 2. The number of nitrogens with zero attached hydrogens (tertiary/aromatic N) is 1. The summed E-state index contributed by atoms with van der Waals surface area (Å²) in [5, 5.41) is 15.9. The Morgan fingerprint density at radius 3 is 2.80 bits per heavy atom. The van der Waals surface area contributed by atoms with Gasteiger partial charge in [-0.15, -0.1) is 0 Å². The zero-order valence-electron chi connectivity index (χ0n) is 16.0. The van der Waals surface area contributed by atoms with Crippen LogP contribution in [-0.2, 0) is 11.2 Å². The van der Waals surface area contributed by atoms with Crippen molar-refractivity contribution in [3.05, 3.63) is 88.0 Å². The van der Waals surface area contributed by atoms with Crippen LogP contribution in [0.1, 0.15) is 23.4 Å². The van der Waals surface area contributed by atoms with E-state index in [1.165, 1.54) is 6.07 Å². The van der Waals surface area contributed by atoms with E-state index >= 15 is 0 Å². The largest absolute Gasteiger partial charge is 0.506 e. The molecule has 0 aliphatic rings. The highest BCUT2D eigenvalue weighted by Crippen LogP contribution is 2.24. The second-order valence-electron chi connectivity index (χ2n) is 6.73. The first kappa shape index (κ1) is 19.2. The van der Waals surface area contributed by atoms with E-state index < -0.39 is 0 Å². The number of aromatic hydroxyl groups is 1. The molecule has 7 nitrogen and oxygen atoms in total. The van der Waals surface area contributed by atoms with Crippen molar-refractivity contribution in [3.63, 3.8) is 0 Å². The Kier molecular flexibility index (Phi) is 5.43. The lowest BCUT2D eigenvalue weighted by Gasteiger charge is -2.08. The molecule has 150 valence electrons. The number of aromatic amines is 1. The quantitative estimate of drug-likeness (QED) is 0.453. The number of rotatable bonds is 6. The minimum atomic E-state index is -0.323. The Morgan fingerprint density at radius 1 is 1.10 bits per heavy atom. The molecule has 0 spiro atoms. The number of hydrogen-bond donors (Lipinski definition) is 3. The number of carbonyl (C=O) groups excluding carboxylic acids is 1. The van der Waals surface area contributed by atoms with Crippen molar-refractivity contribution >= 4 is 34.6 Å². The van der Waals surface area contributed by atoms with Gasteiger partial charge in [-0.1, -0.05) is 42.5 Å². The van der Waals surface area contributed by atoms with Crippen LogP contribution < -0.4 is 10.9 Å². The maximum absolute atomic E-state index is 12.3. The summed E-state index contributed by atoms with van der Waals surface area (Å²) < 4.78 is 4.96. The zero-order chi connectivity index (χ0) is 20.9. The third-order valence-corrected chi connectivity index (χ3v) is 4.56. The zero-order valence-corrected chi connectivity index (χ0v) is 16.0. The molecule has 2 heterocycles. The fourth-order valence-corrected chi connectivity index (χ4v) is 3.06. The molecule has 3 N–H and O–H groups in total. The lowest BCUT2D eigenvalue weighted by molar-refractivity contribution is -0.116. The number of pyridine rings is 1. The summed E-state index contributed by atoms with van der Waals surface area (Å²) in [5.41, 5.74) is 2.39. The summed E-state index contributed by atoms with van der Waals surface area (Å²) in [5.74, 6) is 0.385. The van der Waals surface area contributed by atoms with Crippen molar-refractivity contribution in [2.75, 3.05) is 5.32 Å². The van der Waals surface area contributed by atoms with Crippen molar-refractivity contribution in [1.82, 2.24) is 10.1 Å². The molecule has 0 saturated carbocycles. The second kappa shape index (κ2) is 8.48. The van der Waals surface area contributed by atoms with Gasteiger partial charge in [0.1, 0.15) is 17.0 Å². The van der Waals surface area contributed by atoms with E-state index in [9.17, 15) is 14.7 Å². The van der Waals surface area contributed by atoms with Crippen molar-refractivity contribution in [2.24, 2.45) is 0 Å². The predicted molar refractivity (Wildman–Crippen MR) is 115 cm³/mol. The smallest absolute Gasteiger partial charge is 0.280 e. The van der Waals surface area contributed by atoms with Gasteiger partial charge in [0.15, 0.2) is 0 Å². The Balaban J connectivity index is 1.48. The summed E-state index contributed by atoms with van der Waals surface area (Å²) in [6.07, 6.45) is 4.19. The SMILES string of the molecule is O=C(CCc1cc(=O)[nH]o1)Nc1ccccc1/C=C/c1ccc2cccc(O)c2n1. The van der Waals surface area contributed by atoms with E-state index in [2.05, 4.69) is 15.5 Å². The van der Waals surface area contributed by atoms with E-state index in [0.29, 0.717) is 29.1 Å². The number of H-pyrrole nitrogens is 1. The fourth-order valence-electron chi connectivity index (χ4n) is 3.06. The van der Waals surface area contributed by atoms with Crippen LogP contribution >= 0.6 is 0 Å². The average Bonchev–Trinajstić information content (AvgIpc) is 3.17. The topological polar surface area (TPSA) is 108 Å². The van der Waals surface area contributed by atoms with Gasteiger partial charge < -0.3 is 14.9 Å². The molecule has 0 saturated heterocycles. The van der Waals surface area contributed by atoms with Crippen molar-refractivity contribution in [2.45, 2.75) is 12.8 Å². The van der Waals surface area contributed by atoms with Gasteiger partial charge in [-0.05, 0) is 29.8 Å². The molecule has 0 unspecified atom stereocenters. The molecule has 0 aliphatic heterocycles. The number of phenols is 1. The van der Waals surface area contributed by atoms with Crippen molar-refractivity contribution in [3.8, 4) is 5.75 Å². The standard InChI is InChI=1S/C23H19N3O4/c27-20-7-3-5-16-9-11-17(24-23(16)20)10-8-15-4-1-2-6-19(15)25-21(28)13-12-18-14-22(29)26-30-18/h1-11,14,27H,12-13H2,(H,25,28)(H,26,29)/b10-8+. The molecular formula is C23H19N3O4. The van der Waals surface area contributed by atoms with E-state index in [4.69, 9.17) is 4.52 Å². The molecule has 7 heteroatoms. The van der Waals surface area contributed by atoms with Crippen LogP contribution in [-0.4, -0.2) is 21.2 Å². The van der Waals surface area contributed by atoms with E-state index in [1.807, 2.05) is 54.6 Å². The molecule has 2 aromatic carbocycles. The maximum atomic E-state index is 12.3. The Bertz CT molecular complexity index is 1290. The summed E-state index contributed by atoms with van der Waals surface area (Å²) in [4.78, 5) is 27.9. The molecule has 0 atom stereocenters. The Labute approximate surface area is 171 Å². The van der Waals surface area contributed by atoms with Gasteiger partial charge in [-0.2, -0.15) is 5.16 Å². The number of carbonyl (C=O) groups is 1. The van der Waals surface area contributed by atoms with Crippen LogP contribution in [0.25, 0.3) is 23.1 Å². The van der Waals surface area contributed by atoms with Crippen LogP contribution in [0.15, 0.2) is 70.0 Å². The van der Waals surface area contributed by atoms with Crippen LogP contribution in [0.3, 0.4) is 0 Å². The summed E-state index contributed by atoms with van der Waals surface area (Å²) in [7, 11) is 0. The number of para-hydroxylation sites is 2. The van der Waals surface area contributed by atoms with Gasteiger partial charge in [0, 0.05) is 30.0 Å². The van der Waals surface area contributed by atoms with Gasteiger partial charge in [0.25, 0.3) is 5.56 Å². The maximum Gasteiger partial charge on any atom is 0.280 e. The Hall–Kier alpha value is -4.13. The van der Waals surface area contributed by atoms with Crippen LogP contribution in [0, 0.1) is 0 Å². The van der Waals surface area contributed by atoms with Crippen molar-refractivity contribution < 1.29 is 14.4 Å². The average molecular weight is 401 g/mol. The number of aryl methyl sites for hydroxylation is 1. The molecule has 1 amide bonds. The number of amides is 1. The summed E-state index contributed by atoms with van der Waals surface area (Å²) in [6.45, 7) is 0. The number of fused-ring (bicyclic) bond motifs is 1. The fraction of sp³-hybridized carbons (Fsp3) is 0.0870. The highest BCUT2D eigenvalue weighted by atomic mass is 16.5. The summed E-state index contributed by atoms with van der Waals surface area (Å²) >= 11 is 0. The monoisotopic (exact) mass is 401 g/mol. The molecule has 0 fully saturated rings. The Morgan fingerprint density at radius 2 is 1.97 bits per heavy atom. The first-order valence-corrected chi connectivity index (χ1v) is 9.41. The molecular weight excluding hydrogens is 382 g/mol. The second-order valence-corrected chi connectivity index (χ2v) is 6.73. The summed E-state index contributed by atoms with van der Waals surface area (Å²) in [6, 6.07) is 17.8. The molecule has 4 aromatic rings. The third kappa shape index (κ3) is 4.47. The van der Waals surface area contributed by atoms with E-state index in [0.717, 1.165) is 10.9 Å². The van der Waals surface area contributed by atoms with Crippen LogP contribution in [0.2, 0.25) is 0 Å².